The SMILES string of the molecule is CCCCC(=O)Nc1c(C(=O)N(CC)CC)cnn1-c1ccccc1. The molecule has 0 aliphatic rings. The molecule has 0 bridgehead atoms. The van der Waals surface area contributed by atoms with Crippen molar-refractivity contribution in [2.45, 2.75) is 40.0 Å². The number of unbranched alkanes of at least 4 members (excludes halogenated alkanes) is 1. The summed E-state index contributed by atoms with van der Waals surface area (Å²) >= 11 is 0. The van der Waals surface area contributed by atoms with Crippen molar-refractivity contribution >= 4 is 17.6 Å². The average Bonchev–Trinajstić information content (AvgIpc) is 3.05. The Bertz CT molecular complexity index is 705. The fourth-order valence-corrected chi connectivity index (χ4v) is 2.60. The second-order valence-electron chi connectivity index (χ2n) is 5.78. The molecule has 0 fully saturated rings. The lowest BCUT2D eigenvalue weighted by atomic mass is 10.2. The number of benzene rings is 1. The lowest BCUT2D eigenvalue weighted by molar-refractivity contribution is -0.116. The highest BCUT2D eigenvalue weighted by Gasteiger charge is 2.23. The van der Waals surface area contributed by atoms with Gasteiger partial charge in [-0.1, -0.05) is 31.5 Å². The van der Waals surface area contributed by atoms with Crippen molar-refractivity contribution in [1.29, 1.82) is 0 Å². The Kier molecular flexibility index (Phi) is 6.74. The van der Waals surface area contributed by atoms with Crippen LogP contribution < -0.4 is 5.32 Å². The lowest BCUT2D eigenvalue weighted by Gasteiger charge is -2.19. The van der Waals surface area contributed by atoms with Crippen LogP contribution in [0.3, 0.4) is 0 Å². The first-order chi connectivity index (χ1) is 12.1. The molecule has 1 aromatic heterocycles. The van der Waals surface area contributed by atoms with E-state index in [1.165, 1.54) is 6.20 Å². The number of anilines is 1. The van der Waals surface area contributed by atoms with Gasteiger partial charge in [0.15, 0.2) is 0 Å². The average molecular weight is 342 g/mol. The molecule has 6 heteroatoms. The van der Waals surface area contributed by atoms with Crippen molar-refractivity contribution in [3.05, 3.63) is 42.1 Å². The van der Waals surface area contributed by atoms with Gasteiger partial charge in [-0.25, -0.2) is 4.68 Å². The number of carbonyl (C=O) groups excluding carboxylic acids is 2. The zero-order valence-corrected chi connectivity index (χ0v) is 15.2. The molecule has 1 aromatic carbocycles. The van der Waals surface area contributed by atoms with Gasteiger partial charge in [0.05, 0.1) is 11.9 Å². The van der Waals surface area contributed by atoms with Crippen LogP contribution >= 0.6 is 0 Å². The summed E-state index contributed by atoms with van der Waals surface area (Å²) in [6.07, 6.45) is 3.71. The van der Waals surface area contributed by atoms with E-state index in [0.717, 1.165) is 18.5 Å². The highest BCUT2D eigenvalue weighted by atomic mass is 16.2. The molecule has 6 nitrogen and oxygen atoms in total. The van der Waals surface area contributed by atoms with Crippen LogP contribution in [0, 0.1) is 0 Å². The third-order valence-electron chi connectivity index (χ3n) is 4.07. The summed E-state index contributed by atoms with van der Waals surface area (Å²) in [5.41, 5.74) is 1.21. The molecule has 25 heavy (non-hydrogen) atoms. The van der Waals surface area contributed by atoms with Crippen LogP contribution in [0.1, 0.15) is 50.4 Å². The summed E-state index contributed by atoms with van der Waals surface area (Å²) < 4.78 is 1.61. The van der Waals surface area contributed by atoms with E-state index in [4.69, 9.17) is 0 Å². The molecule has 2 aromatic rings. The third kappa shape index (κ3) is 4.47. The minimum Gasteiger partial charge on any atom is -0.339 e. The molecule has 0 saturated heterocycles. The van der Waals surface area contributed by atoms with Crippen LogP contribution in [0.15, 0.2) is 36.5 Å². The van der Waals surface area contributed by atoms with Gasteiger partial charge in [-0.3, -0.25) is 9.59 Å². The predicted octanol–water partition coefficient (Wildman–Crippen LogP) is 3.48. The van der Waals surface area contributed by atoms with Crippen LogP contribution in [-0.2, 0) is 4.79 Å². The maximum absolute atomic E-state index is 12.8. The smallest absolute Gasteiger partial charge is 0.259 e. The van der Waals surface area contributed by atoms with E-state index in [0.29, 0.717) is 30.9 Å². The van der Waals surface area contributed by atoms with Gasteiger partial charge >= 0.3 is 0 Å². The monoisotopic (exact) mass is 342 g/mol. The van der Waals surface area contributed by atoms with Gasteiger partial charge < -0.3 is 10.2 Å². The predicted molar refractivity (Wildman–Crippen MR) is 99.0 cm³/mol. The summed E-state index contributed by atoms with van der Waals surface area (Å²) in [4.78, 5) is 26.8. The molecule has 0 unspecified atom stereocenters. The minimum absolute atomic E-state index is 0.104. The van der Waals surface area contributed by atoms with Crippen molar-refractivity contribution in [2.24, 2.45) is 0 Å². The van der Waals surface area contributed by atoms with Gasteiger partial charge in [-0.2, -0.15) is 5.10 Å². The van der Waals surface area contributed by atoms with Crippen LogP contribution in [0.4, 0.5) is 5.82 Å². The van der Waals surface area contributed by atoms with Crippen molar-refractivity contribution in [1.82, 2.24) is 14.7 Å². The molecule has 1 N–H and O–H groups in total. The quantitative estimate of drug-likeness (QED) is 0.798. The normalized spacial score (nSPS) is 10.5. The molecule has 134 valence electrons. The Morgan fingerprint density at radius 1 is 1.12 bits per heavy atom. The summed E-state index contributed by atoms with van der Waals surface area (Å²) in [7, 11) is 0. The van der Waals surface area contributed by atoms with E-state index in [9.17, 15) is 9.59 Å². The molecular weight excluding hydrogens is 316 g/mol. The standard InChI is InChI=1S/C19H26N4O2/c1-4-7-13-17(24)21-18-16(19(25)22(5-2)6-3)14-20-23(18)15-11-9-8-10-12-15/h8-12,14H,4-7,13H2,1-3H3,(H,21,24). The summed E-state index contributed by atoms with van der Waals surface area (Å²) in [5, 5.41) is 7.24. The number of para-hydroxylation sites is 1. The van der Waals surface area contributed by atoms with Crippen molar-refractivity contribution in [3.63, 3.8) is 0 Å². The Morgan fingerprint density at radius 2 is 1.80 bits per heavy atom. The Morgan fingerprint density at radius 3 is 2.40 bits per heavy atom. The molecule has 2 rings (SSSR count). The van der Waals surface area contributed by atoms with E-state index >= 15 is 0 Å². The second-order valence-corrected chi connectivity index (χ2v) is 5.78. The van der Waals surface area contributed by atoms with E-state index in [1.807, 2.05) is 51.1 Å². The number of carbonyl (C=O) groups is 2. The lowest BCUT2D eigenvalue weighted by Crippen LogP contribution is -2.31. The number of hydrogen-bond donors (Lipinski definition) is 1. The first-order valence-electron chi connectivity index (χ1n) is 8.84. The maximum Gasteiger partial charge on any atom is 0.259 e. The number of aromatic nitrogens is 2. The first-order valence-corrected chi connectivity index (χ1v) is 8.84. The number of nitrogens with one attached hydrogen (secondary N) is 1. The molecule has 0 saturated carbocycles. The zero-order valence-electron chi connectivity index (χ0n) is 15.2. The van der Waals surface area contributed by atoms with Gasteiger partial charge in [0, 0.05) is 19.5 Å². The van der Waals surface area contributed by atoms with Crippen LogP contribution in [0.2, 0.25) is 0 Å². The van der Waals surface area contributed by atoms with E-state index in [-0.39, 0.29) is 11.8 Å². The van der Waals surface area contributed by atoms with Crippen molar-refractivity contribution in [3.8, 4) is 5.69 Å². The van der Waals surface area contributed by atoms with Crippen LogP contribution in [0.25, 0.3) is 5.69 Å². The van der Waals surface area contributed by atoms with Gasteiger partial charge in [-0.15, -0.1) is 0 Å². The first kappa shape index (κ1) is 18.7. The van der Waals surface area contributed by atoms with E-state index in [2.05, 4.69) is 10.4 Å². The Balaban J connectivity index is 2.41. The number of hydrogen-bond acceptors (Lipinski definition) is 3. The molecule has 0 aliphatic heterocycles. The number of amides is 2. The fraction of sp³-hybridized carbons (Fsp3) is 0.421. The fourth-order valence-electron chi connectivity index (χ4n) is 2.60. The number of rotatable bonds is 8. The molecule has 0 aliphatic carbocycles. The van der Waals surface area contributed by atoms with Crippen LogP contribution in [0.5, 0.6) is 0 Å². The van der Waals surface area contributed by atoms with Gasteiger partial charge in [-0.05, 0) is 32.4 Å². The highest BCUT2D eigenvalue weighted by molar-refractivity contribution is 6.03. The zero-order chi connectivity index (χ0) is 18.2. The minimum atomic E-state index is -0.127. The van der Waals surface area contributed by atoms with Crippen molar-refractivity contribution < 1.29 is 9.59 Å². The second kappa shape index (κ2) is 9.01. The molecule has 2 amide bonds. The van der Waals surface area contributed by atoms with Gasteiger partial charge in [0.25, 0.3) is 5.91 Å². The summed E-state index contributed by atoms with van der Waals surface area (Å²) in [5.74, 6) is 0.204. The van der Waals surface area contributed by atoms with Crippen LogP contribution in [-0.4, -0.2) is 39.6 Å². The summed E-state index contributed by atoms with van der Waals surface area (Å²) in [6, 6.07) is 9.48. The topological polar surface area (TPSA) is 67.2 Å². The maximum atomic E-state index is 12.8. The van der Waals surface area contributed by atoms with E-state index < -0.39 is 0 Å². The van der Waals surface area contributed by atoms with Gasteiger partial charge in [0.2, 0.25) is 5.91 Å². The van der Waals surface area contributed by atoms with Gasteiger partial charge in [0.1, 0.15) is 11.4 Å². The molecule has 0 radical (unpaired) electrons. The molecule has 0 spiro atoms. The molecule has 1 heterocycles. The Labute approximate surface area is 148 Å². The molecule has 0 atom stereocenters. The summed E-state index contributed by atoms with van der Waals surface area (Å²) in [6.45, 7) is 7.12. The Hall–Kier alpha value is -2.63. The van der Waals surface area contributed by atoms with E-state index in [1.54, 1.807) is 9.58 Å². The largest absolute Gasteiger partial charge is 0.339 e. The molecular formula is C19H26N4O2. The highest BCUT2D eigenvalue weighted by Crippen LogP contribution is 2.22. The van der Waals surface area contributed by atoms with Crippen molar-refractivity contribution in [2.75, 3.05) is 18.4 Å². The third-order valence-corrected chi connectivity index (χ3v) is 4.07. The number of nitrogens with zero attached hydrogens (tertiary/aromatic N) is 3.